The fourth-order valence-corrected chi connectivity index (χ4v) is 2.61. The molecule has 3 heterocycles. The lowest BCUT2D eigenvalue weighted by Crippen LogP contribution is -2.42. The van der Waals surface area contributed by atoms with E-state index in [9.17, 15) is 0 Å². The maximum atomic E-state index is 4.42. The molecule has 0 radical (unpaired) electrons. The maximum Gasteiger partial charge on any atom is 0.222 e. The third kappa shape index (κ3) is 3.41. The fraction of sp³-hybridized carbons (Fsp3) is 0.467. The Bertz CT molecular complexity index is 602. The smallest absolute Gasteiger partial charge is 0.222 e. The first-order valence-electron chi connectivity index (χ1n) is 7.50. The second kappa shape index (κ2) is 6.55. The fourth-order valence-electron chi connectivity index (χ4n) is 2.61. The van der Waals surface area contributed by atoms with Crippen molar-refractivity contribution in [3.63, 3.8) is 0 Å². The predicted molar refractivity (Wildman–Crippen MR) is 87.2 cm³/mol. The van der Waals surface area contributed by atoms with Crippen LogP contribution in [0.1, 0.15) is 12.8 Å². The van der Waals surface area contributed by atoms with Crippen LogP contribution in [0.2, 0.25) is 0 Å². The van der Waals surface area contributed by atoms with Crippen LogP contribution in [0.25, 0.3) is 0 Å². The maximum absolute atomic E-state index is 4.42. The Labute approximate surface area is 130 Å². The van der Waals surface area contributed by atoms with Gasteiger partial charge in [0.25, 0.3) is 0 Å². The molecule has 2 aromatic rings. The molecule has 1 aliphatic heterocycles. The summed E-state index contributed by atoms with van der Waals surface area (Å²) in [7, 11) is 3.97. The lowest BCUT2D eigenvalue weighted by molar-refractivity contribution is 0.524. The van der Waals surface area contributed by atoms with Gasteiger partial charge in [0.05, 0.1) is 0 Å². The molecule has 116 valence electrons. The van der Waals surface area contributed by atoms with Crippen LogP contribution in [0.4, 0.5) is 17.6 Å². The first-order chi connectivity index (χ1) is 10.7. The summed E-state index contributed by atoms with van der Waals surface area (Å²) in [6.07, 6.45) is 7.36. The molecule has 7 nitrogen and oxygen atoms in total. The quantitative estimate of drug-likeness (QED) is 0.915. The number of hydrogen-bond donors (Lipinski definition) is 1. The molecule has 1 N–H and O–H groups in total. The number of anilines is 3. The molecule has 1 saturated heterocycles. The van der Waals surface area contributed by atoms with Gasteiger partial charge in [-0.25, -0.2) is 19.9 Å². The van der Waals surface area contributed by atoms with Crippen LogP contribution in [0.5, 0.6) is 0 Å². The van der Waals surface area contributed by atoms with E-state index in [2.05, 4.69) is 30.2 Å². The zero-order valence-corrected chi connectivity index (χ0v) is 13.0. The van der Waals surface area contributed by atoms with Crippen LogP contribution in [0.3, 0.4) is 0 Å². The second-order valence-electron chi connectivity index (χ2n) is 5.63. The van der Waals surface area contributed by atoms with Gasteiger partial charge in [-0.05, 0) is 18.9 Å². The third-order valence-corrected chi connectivity index (χ3v) is 3.74. The Morgan fingerprint density at radius 3 is 2.77 bits per heavy atom. The molecule has 0 aliphatic carbocycles. The van der Waals surface area contributed by atoms with E-state index < -0.39 is 0 Å². The SMILES string of the molecule is CN(C)c1cc(N2CCCC(Nc3ncccn3)C2)ncn1. The van der Waals surface area contributed by atoms with Gasteiger partial charge in [0, 0.05) is 51.7 Å². The summed E-state index contributed by atoms with van der Waals surface area (Å²) in [6.45, 7) is 1.90. The van der Waals surface area contributed by atoms with Crippen molar-refractivity contribution in [1.29, 1.82) is 0 Å². The number of nitrogens with zero attached hydrogens (tertiary/aromatic N) is 6. The van der Waals surface area contributed by atoms with Gasteiger partial charge in [0.2, 0.25) is 5.95 Å². The van der Waals surface area contributed by atoms with E-state index in [0.717, 1.165) is 37.6 Å². The normalized spacial score (nSPS) is 18.1. The Balaban J connectivity index is 1.69. The van der Waals surface area contributed by atoms with Crippen molar-refractivity contribution in [2.75, 3.05) is 42.3 Å². The van der Waals surface area contributed by atoms with Crippen molar-refractivity contribution in [3.05, 3.63) is 30.9 Å². The minimum Gasteiger partial charge on any atom is -0.363 e. The summed E-state index contributed by atoms with van der Waals surface area (Å²) >= 11 is 0. The monoisotopic (exact) mass is 299 g/mol. The molecule has 0 amide bonds. The van der Waals surface area contributed by atoms with Gasteiger partial charge in [0.15, 0.2) is 0 Å². The van der Waals surface area contributed by atoms with E-state index in [0.29, 0.717) is 12.0 Å². The van der Waals surface area contributed by atoms with Gasteiger partial charge in [0.1, 0.15) is 18.0 Å². The molecule has 7 heteroatoms. The van der Waals surface area contributed by atoms with Gasteiger partial charge in [-0.2, -0.15) is 0 Å². The highest BCUT2D eigenvalue weighted by Crippen LogP contribution is 2.21. The molecule has 1 fully saturated rings. The molecule has 1 aliphatic rings. The summed E-state index contributed by atoms with van der Waals surface area (Å²) in [4.78, 5) is 21.4. The van der Waals surface area contributed by atoms with Crippen molar-refractivity contribution in [3.8, 4) is 0 Å². The molecule has 1 unspecified atom stereocenters. The summed E-state index contributed by atoms with van der Waals surface area (Å²) in [5, 5.41) is 3.40. The van der Waals surface area contributed by atoms with Crippen LogP contribution in [-0.2, 0) is 0 Å². The van der Waals surface area contributed by atoms with E-state index in [1.807, 2.05) is 31.1 Å². The zero-order valence-electron chi connectivity index (χ0n) is 13.0. The van der Waals surface area contributed by atoms with E-state index in [-0.39, 0.29) is 0 Å². The highest BCUT2D eigenvalue weighted by atomic mass is 15.2. The number of rotatable bonds is 4. The van der Waals surface area contributed by atoms with Crippen molar-refractivity contribution in [1.82, 2.24) is 19.9 Å². The average molecular weight is 299 g/mol. The average Bonchev–Trinajstić information content (AvgIpc) is 2.56. The standard InChI is InChI=1S/C15H21N7/c1-21(2)13-9-14(19-11-18-13)22-8-3-5-12(10-22)20-15-16-6-4-7-17-15/h4,6-7,9,11-12H,3,5,8,10H2,1-2H3,(H,16,17,20). The van der Waals surface area contributed by atoms with Crippen LogP contribution in [-0.4, -0.2) is 53.2 Å². The summed E-state index contributed by atoms with van der Waals surface area (Å²) in [5.41, 5.74) is 0. The van der Waals surface area contributed by atoms with Crippen molar-refractivity contribution >= 4 is 17.6 Å². The number of piperidine rings is 1. The lowest BCUT2D eigenvalue weighted by Gasteiger charge is -2.34. The molecule has 0 spiro atoms. The van der Waals surface area contributed by atoms with Crippen LogP contribution < -0.4 is 15.1 Å². The molecular formula is C15H21N7. The van der Waals surface area contributed by atoms with E-state index in [1.165, 1.54) is 0 Å². The molecule has 1 atom stereocenters. The van der Waals surface area contributed by atoms with Gasteiger partial charge in [-0.1, -0.05) is 0 Å². The van der Waals surface area contributed by atoms with Crippen molar-refractivity contribution in [2.45, 2.75) is 18.9 Å². The van der Waals surface area contributed by atoms with E-state index in [1.54, 1.807) is 18.7 Å². The van der Waals surface area contributed by atoms with Crippen molar-refractivity contribution in [2.24, 2.45) is 0 Å². The molecule has 22 heavy (non-hydrogen) atoms. The van der Waals surface area contributed by atoms with Gasteiger partial charge in [-0.15, -0.1) is 0 Å². The molecule has 2 aromatic heterocycles. The molecular weight excluding hydrogens is 278 g/mol. The summed E-state index contributed by atoms with van der Waals surface area (Å²) in [6, 6.07) is 4.18. The summed E-state index contributed by atoms with van der Waals surface area (Å²) < 4.78 is 0. The van der Waals surface area contributed by atoms with E-state index in [4.69, 9.17) is 0 Å². The van der Waals surface area contributed by atoms with Gasteiger partial charge in [-0.3, -0.25) is 0 Å². The first-order valence-corrected chi connectivity index (χ1v) is 7.50. The topological polar surface area (TPSA) is 70.1 Å². The van der Waals surface area contributed by atoms with Crippen LogP contribution >= 0.6 is 0 Å². The molecule has 0 saturated carbocycles. The molecule has 0 aromatic carbocycles. The van der Waals surface area contributed by atoms with Gasteiger partial charge < -0.3 is 15.1 Å². The van der Waals surface area contributed by atoms with Crippen LogP contribution in [0, 0.1) is 0 Å². The highest BCUT2D eigenvalue weighted by molar-refractivity contribution is 5.50. The third-order valence-electron chi connectivity index (χ3n) is 3.74. The van der Waals surface area contributed by atoms with Crippen molar-refractivity contribution < 1.29 is 0 Å². The minimum absolute atomic E-state index is 0.328. The van der Waals surface area contributed by atoms with Gasteiger partial charge >= 0.3 is 0 Å². The minimum atomic E-state index is 0.328. The molecule has 3 rings (SSSR count). The Morgan fingerprint density at radius 1 is 1.18 bits per heavy atom. The predicted octanol–water partition coefficient (Wildman–Crippen LogP) is 1.41. The zero-order chi connectivity index (χ0) is 15.4. The molecule has 0 bridgehead atoms. The van der Waals surface area contributed by atoms with Crippen LogP contribution in [0.15, 0.2) is 30.9 Å². The number of aromatic nitrogens is 4. The Hall–Kier alpha value is -2.44. The number of hydrogen-bond acceptors (Lipinski definition) is 7. The van der Waals surface area contributed by atoms with E-state index >= 15 is 0 Å². The Morgan fingerprint density at radius 2 is 2.00 bits per heavy atom. The highest BCUT2D eigenvalue weighted by Gasteiger charge is 2.21. The largest absolute Gasteiger partial charge is 0.363 e. The number of nitrogens with one attached hydrogen (secondary N) is 1. The summed E-state index contributed by atoms with van der Waals surface area (Å²) in [5.74, 6) is 2.58. The first kappa shape index (κ1) is 14.5. The lowest BCUT2D eigenvalue weighted by atomic mass is 10.1. The second-order valence-corrected chi connectivity index (χ2v) is 5.63. The Kier molecular flexibility index (Phi) is 4.32.